The molecule has 8 nitrogen and oxygen atoms in total. The highest BCUT2D eigenvalue weighted by Crippen LogP contribution is 2.36. The van der Waals surface area contributed by atoms with Gasteiger partial charge in [-0.25, -0.2) is 4.98 Å². The fourth-order valence-electron chi connectivity index (χ4n) is 3.20. The first-order valence-electron chi connectivity index (χ1n) is 9.79. The first-order valence-corrected chi connectivity index (χ1v) is 10.6. The number of para-hydroxylation sites is 2. The van der Waals surface area contributed by atoms with E-state index >= 15 is 0 Å². The third-order valence-corrected chi connectivity index (χ3v) is 5.58. The molecule has 1 heterocycles. The van der Waals surface area contributed by atoms with Crippen molar-refractivity contribution in [3.8, 4) is 17.6 Å². The Morgan fingerprint density at radius 2 is 1.97 bits per heavy atom. The van der Waals surface area contributed by atoms with Crippen molar-refractivity contribution < 1.29 is 14.4 Å². The lowest BCUT2D eigenvalue weighted by atomic mass is 10.1. The Balaban J connectivity index is 1.59. The Bertz CT molecular complexity index is 1370. The predicted octanol–water partition coefficient (Wildman–Crippen LogP) is 5.89. The van der Waals surface area contributed by atoms with Crippen LogP contribution in [0.3, 0.4) is 0 Å². The number of aromatic amines is 1. The van der Waals surface area contributed by atoms with Crippen molar-refractivity contribution >= 4 is 44.3 Å². The van der Waals surface area contributed by atoms with E-state index < -0.39 is 4.92 Å². The van der Waals surface area contributed by atoms with Crippen molar-refractivity contribution in [3.05, 3.63) is 92.2 Å². The largest absolute Gasteiger partial charge is 0.493 e. The summed E-state index contributed by atoms with van der Waals surface area (Å²) < 4.78 is 12.1. The number of hydrogen-bond donors (Lipinski definition) is 1. The number of halogens is 1. The number of nitrogens with one attached hydrogen (secondary N) is 1. The molecule has 0 aliphatic carbocycles. The summed E-state index contributed by atoms with van der Waals surface area (Å²) in [5.74, 6) is 1.44. The quantitative estimate of drug-likeness (QED) is 0.191. The molecule has 0 amide bonds. The van der Waals surface area contributed by atoms with E-state index in [1.54, 1.807) is 30.3 Å². The molecule has 0 radical (unpaired) electrons. The Morgan fingerprint density at radius 1 is 1.21 bits per heavy atom. The minimum absolute atomic E-state index is 0.0213. The van der Waals surface area contributed by atoms with E-state index in [1.165, 1.54) is 19.2 Å². The molecular weight excluding hydrogens is 488 g/mol. The molecule has 0 fully saturated rings. The lowest BCUT2D eigenvalue weighted by molar-refractivity contribution is -0.384. The monoisotopic (exact) mass is 504 g/mol. The van der Waals surface area contributed by atoms with Crippen LogP contribution in [0.2, 0.25) is 0 Å². The number of benzene rings is 3. The van der Waals surface area contributed by atoms with Gasteiger partial charge in [0.25, 0.3) is 5.69 Å². The van der Waals surface area contributed by atoms with Gasteiger partial charge in [-0.2, -0.15) is 5.26 Å². The van der Waals surface area contributed by atoms with E-state index in [9.17, 15) is 15.4 Å². The van der Waals surface area contributed by atoms with Gasteiger partial charge in [-0.05, 0) is 53.6 Å². The number of H-pyrrole nitrogens is 1. The van der Waals surface area contributed by atoms with E-state index in [-0.39, 0.29) is 12.3 Å². The Kier molecular flexibility index (Phi) is 6.38. The van der Waals surface area contributed by atoms with E-state index in [0.29, 0.717) is 32.9 Å². The molecular formula is C24H17BrN4O4. The number of rotatable bonds is 7. The van der Waals surface area contributed by atoms with Crippen molar-refractivity contribution in [2.45, 2.75) is 6.61 Å². The van der Waals surface area contributed by atoms with Crippen LogP contribution in [0.25, 0.3) is 22.7 Å². The molecule has 3 aromatic carbocycles. The van der Waals surface area contributed by atoms with Gasteiger partial charge in [-0.3, -0.25) is 10.1 Å². The fourth-order valence-corrected chi connectivity index (χ4v) is 3.64. The summed E-state index contributed by atoms with van der Waals surface area (Å²) in [6.45, 7) is 0.207. The van der Waals surface area contributed by atoms with Gasteiger partial charge >= 0.3 is 0 Å². The van der Waals surface area contributed by atoms with Gasteiger partial charge in [0.1, 0.15) is 18.5 Å². The Morgan fingerprint density at radius 3 is 2.64 bits per heavy atom. The van der Waals surface area contributed by atoms with Gasteiger partial charge in [0, 0.05) is 16.6 Å². The highest BCUT2D eigenvalue weighted by molar-refractivity contribution is 9.10. The molecule has 0 aliphatic heterocycles. The molecule has 33 heavy (non-hydrogen) atoms. The molecule has 0 atom stereocenters. The number of nitro groups is 1. The highest BCUT2D eigenvalue weighted by atomic mass is 79.9. The average Bonchev–Trinajstić information content (AvgIpc) is 3.26. The molecule has 4 rings (SSSR count). The fraction of sp³-hybridized carbons (Fsp3) is 0.0833. The van der Waals surface area contributed by atoms with Gasteiger partial charge in [-0.1, -0.05) is 28.1 Å². The summed E-state index contributed by atoms with van der Waals surface area (Å²) in [6.07, 6.45) is 1.71. The molecule has 0 aliphatic rings. The van der Waals surface area contributed by atoms with E-state index in [1.807, 2.05) is 24.3 Å². The van der Waals surface area contributed by atoms with Crippen molar-refractivity contribution in [2.24, 2.45) is 0 Å². The van der Waals surface area contributed by atoms with Crippen LogP contribution in [0, 0.1) is 21.4 Å². The number of methoxy groups -OCH3 is 1. The summed E-state index contributed by atoms with van der Waals surface area (Å²) in [4.78, 5) is 18.0. The lowest BCUT2D eigenvalue weighted by Gasteiger charge is -2.13. The standard InChI is InChI=1S/C24H17BrN4O4/c1-32-22-11-16(10-17(13-26)24-27-20-4-2-3-5-21(20)28-24)19(25)12-23(22)33-14-15-6-8-18(9-7-15)29(30)31/h2-12H,14H2,1H3,(H,27,28)/b17-10+. The van der Waals surface area contributed by atoms with Crippen LogP contribution >= 0.6 is 15.9 Å². The molecule has 4 aromatic rings. The van der Waals surface area contributed by atoms with Crippen molar-refractivity contribution in [2.75, 3.05) is 7.11 Å². The normalized spacial score (nSPS) is 11.2. The zero-order valence-electron chi connectivity index (χ0n) is 17.4. The van der Waals surface area contributed by atoms with Crippen LogP contribution in [0.5, 0.6) is 11.5 Å². The first-order chi connectivity index (χ1) is 16.0. The predicted molar refractivity (Wildman–Crippen MR) is 128 cm³/mol. The average molecular weight is 505 g/mol. The first kappa shape index (κ1) is 22.0. The van der Waals surface area contributed by atoms with Gasteiger partial charge in [-0.15, -0.1) is 0 Å². The summed E-state index contributed by atoms with van der Waals surface area (Å²) in [5, 5.41) is 20.5. The molecule has 0 unspecified atom stereocenters. The molecule has 1 aromatic heterocycles. The number of imidazole rings is 1. The number of ether oxygens (including phenoxy) is 2. The topological polar surface area (TPSA) is 114 Å². The number of aromatic nitrogens is 2. The molecule has 1 N–H and O–H groups in total. The second kappa shape index (κ2) is 9.54. The number of nitrogens with zero attached hydrogens (tertiary/aromatic N) is 3. The van der Waals surface area contributed by atoms with Crippen LogP contribution in [0.15, 0.2) is 65.1 Å². The number of allylic oxidation sites excluding steroid dienone is 1. The summed E-state index contributed by atoms with van der Waals surface area (Å²) in [6, 6.07) is 19.4. The Labute approximate surface area is 197 Å². The highest BCUT2D eigenvalue weighted by Gasteiger charge is 2.13. The smallest absolute Gasteiger partial charge is 0.269 e. The second-order valence-corrected chi connectivity index (χ2v) is 7.86. The molecule has 164 valence electrons. The maximum atomic E-state index is 10.8. The van der Waals surface area contributed by atoms with Crippen molar-refractivity contribution in [1.29, 1.82) is 5.26 Å². The molecule has 0 saturated heterocycles. The number of non-ortho nitro benzene ring substituents is 1. The zero-order valence-corrected chi connectivity index (χ0v) is 19.0. The second-order valence-electron chi connectivity index (χ2n) is 7.01. The third-order valence-electron chi connectivity index (χ3n) is 4.89. The minimum Gasteiger partial charge on any atom is -0.493 e. The zero-order chi connectivity index (χ0) is 23.4. The summed E-state index contributed by atoms with van der Waals surface area (Å²) in [5.41, 5.74) is 3.51. The summed E-state index contributed by atoms with van der Waals surface area (Å²) in [7, 11) is 1.53. The van der Waals surface area contributed by atoms with Crippen LogP contribution in [-0.2, 0) is 6.61 Å². The van der Waals surface area contributed by atoms with Gasteiger partial charge in [0.2, 0.25) is 0 Å². The Hall–Kier alpha value is -4.16. The maximum absolute atomic E-state index is 10.8. The van der Waals surface area contributed by atoms with Gasteiger partial charge < -0.3 is 14.5 Å². The van der Waals surface area contributed by atoms with Gasteiger partial charge in [0.05, 0.1) is 28.6 Å². The van der Waals surface area contributed by atoms with Crippen LogP contribution in [-0.4, -0.2) is 22.0 Å². The number of fused-ring (bicyclic) bond motifs is 1. The van der Waals surface area contributed by atoms with E-state index in [0.717, 1.165) is 16.6 Å². The van der Waals surface area contributed by atoms with Gasteiger partial charge in [0.15, 0.2) is 11.5 Å². The number of hydrogen-bond acceptors (Lipinski definition) is 6. The molecule has 0 saturated carbocycles. The molecule has 0 bridgehead atoms. The molecule has 9 heteroatoms. The minimum atomic E-state index is -0.447. The van der Waals surface area contributed by atoms with Crippen LogP contribution in [0.1, 0.15) is 17.0 Å². The lowest BCUT2D eigenvalue weighted by Crippen LogP contribution is -1.99. The van der Waals surface area contributed by atoms with Crippen molar-refractivity contribution in [3.63, 3.8) is 0 Å². The summed E-state index contributed by atoms with van der Waals surface area (Å²) >= 11 is 3.53. The third kappa shape index (κ3) is 4.86. The van der Waals surface area contributed by atoms with Crippen LogP contribution in [0.4, 0.5) is 5.69 Å². The van der Waals surface area contributed by atoms with E-state index in [4.69, 9.17) is 9.47 Å². The van der Waals surface area contributed by atoms with Crippen LogP contribution < -0.4 is 9.47 Å². The van der Waals surface area contributed by atoms with Crippen molar-refractivity contribution in [1.82, 2.24) is 9.97 Å². The molecule has 0 spiro atoms. The SMILES string of the molecule is COc1cc(/C=C(\C#N)c2nc3ccccc3[nH]2)c(Br)cc1OCc1ccc([N+](=O)[O-])cc1. The van der Waals surface area contributed by atoms with E-state index in [2.05, 4.69) is 32.0 Å². The number of nitriles is 1. The maximum Gasteiger partial charge on any atom is 0.269 e. The number of nitro benzene ring substituents is 1.